The fraction of sp³-hybridized carbons (Fsp3) is 0.333. The summed E-state index contributed by atoms with van der Waals surface area (Å²) in [5.41, 5.74) is 2.03. The van der Waals surface area contributed by atoms with Crippen molar-refractivity contribution in [2.24, 2.45) is 0 Å². The Morgan fingerprint density at radius 2 is 1.62 bits per heavy atom. The molecule has 0 bridgehead atoms. The van der Waals surface area contributed by atoms with Gasteiger partial charge in [-0.05, 0) is 60.4 Å². The second-order valence-electron chi connectivity index (χ2n) is 10.1. The van der Waals surface area contributed by atoms with Crippen molar-refractivity contribution in [3.05, 3.63) is 99.5 Å². The van der Waals surface area contributed by atoms with Crippen LogP contribution in [0, 0.1) is 0 Å². The van der Waals surface area contributed by atoms with Gasteiger partial charge in [-0.15, -0.1) is 0 Å². The van der Waals surface area contributed by atoms with Crippen LogP contribution in [0.15, 0.2) is 83.3 Å². The van der Waals surface area contributed by atoms with Crippen LogP contribution in [0.25, 0.3) is 0 Å². The summed E-state index contributed by atoms with van der Waals surface area (Å²) in [4.78, 5) is 29.4. The molecule has 3 aromatic carbocycles. The zero-order chi connectivity index (χ0) is 28.7. The fourth-order valence-corrected chi connectivity index (χ4v) is 6.40. The molecule has 0 heterocycles. The maximum Gasteiger partial charge on any atom is 0.244 e. The number of nitrogens with one attached hydrogen (secondary N) is 1. The van der Waals surface area contributed by atoms with Crippen LogP contribution in [0.3, 0.4) is 0 Å². The van der Waals surface area contributed by atoms with Gasteiger partial charge in [0.1, 0.15) is 12.6 Å². The maximum absolute atomic E-state index is 14.1. The predicted molar refractivity (Wildman–Crippen MR) is 163 cm³/mol. The van der Waals surface area contributed by atoms with Gasteiger partial charge in [-0.25, -0.2) is 8.42 Å². The molecule has 0 aliphatic heterocycles. The quantitative estimate of drug-likeness (QED) is 0.295. The third-order valence-corrected chi connectivity index (χ3v) is 8.89. The lowest BCUT2D eigenvalue weighted by molar-refractivity contribution is -0.140. The van der Waals surface area contributed by atoms with E-state index in [2.05, 4.69) is 21.2 Å². The Balaban J connectivity index is 1.72. The van der Waals surface area contributed by atoms with Crippen LogP contribution < -0.4 is 9.62 Å². The lowest BCUT2D eigenvalue weighted by Gasteiger charge is -2.34. The Morgan fingerprint density at radius 3 is 2.25 bits per heavy atom. The smallest absolute Gasteiger partial charge is 0.244 e. The molecule has 3 aromatic rings. The highest BCUT2D eigenvalue weighted by molar-refractivity contribution is 9.10. The van der Waals surface area contributed by atoms with Crippen molar-refractivity contribution in [1.82, 2.24) is 10.2 Å². The number of benzene rings is 3. The van der Waals surface area contributed by atoms with Gasteiger partial charge in [0, 0.05) is 28.5 Å². The van der Waals surface area contributed by atoms with Crippen molar-refractivity contribution in [3.8, 4) is 0 Å². The number of carbonyl (C=O) groups excluding carboxylic acids is 2. The first-order chi connectivity index (χ1) is 19.1. The average Bonchev–Trinajstić information content (AvgIpc) is 3.43. The van der Waals surface area contributed by atoms with E-state index in [1.165, 1.54) is 4.90 Å². The van der Waals surface area contributed by atoms with Crippen LogP contribution in [0.4, 0.5) is 5.69 Å². The number of hydrogen-bond acceptors (Lipinski definition) is 4. The molecule has 2 amide bonds. The van der Waals surface area contributed by atoms with E-state index in [1.54, 1.807) is 24.3 Å². The summed E-state index contributed by atoms with van der Waals surface area (Å²) in [6, 6.07) is 22.6. The van der Waals surface area contributed by atoms with E-state index >= 15 is 0 Å². The minimum absolute atomic E-state index is 0.0650. The van der Waals surface area contributed by atoms with E-state index in [0.717, 1.165) is 51.8 Å². The number of nitrogens with zero attached hydrogens (tertiary/aromatic N) is 2. The Bertz CT molecular complexity index is 1410. The first kappa shape index (κ1) is 30.1. The second-order valence-corrected chi connectivity index (χ2v) is 13.4. The van der Waals surface area contributed by atoms with E-state index in [9.17, 15) is 18.0 Å². The third-order valence-electron chi connectivity index (χ3n) is 7.01. The summed E-state index contributed by atoms with van der Waals surface area (Å²) in [6.45, 7) is -0.331. The molecule has 1 N–H and O–H groups in total. The zero-order valence-corrected chi connectivity index (χ0v) is 25.5. The van der Waals surface area contributed by atoms with E-state index < -0.39 is 28.5 Å². The molecular weight excluding hydrogens is 614 g/mol. The van der Waals surface area contributed by atoms with Gasteiger partial charge >= 0.3 is 0 Å². The lowest BCUT2D eigenvalue weighted by atomic mass is 10.0. The van der Waals surface area contributed by atoms with Gasteiger partial charge in [-0.1, -0.05) is 82.8 Å². The molecule has 0 saturated heterocycles. The van der Waals surface area contributed by atoms with Crippen LogP contribution in [-0.2, 0) is 32.6 Å². The molecule has 212 valence electrons. The van der Waals surface area contributed by atoms with E-state index in [1.807, 2.05) is 54.6 Å². The van der Waals surface area contributed by atoms with Crippen molar-refractivity contribution in [2.75, 3.05) is 17.1 Å². The molecule has 1 fully saturated rings. The van der Waals surface area contributed by atoms with Gasteiger partial charge in [0.05, 0.1) is 11.9 Å². The van der Waals surface area contributed by atoms with Crippen LogP contribution in [-0.4, -0.2) is 50.0 Å². The molecule has 0 spiro atoms. The largest absolute Gasteiger partial charge is 0.352 e. The van der Waals surface area contributed by atoms with Crippen molar-refractivity contribution in [3.63, 3.8) is 0 Å². The first-order valence-corrected chi connectivity index (χ1v) is 16.2. The number of hydrogen-bond donors (Lipinski definition) is 1. The monoisotopic (exact) mass is 645 g/mol. The van der Waals surface area contributed by atoms with Gasteiger partial charge in [-0.2, -0.15) is 0 Å². The third kappa shape index (κ3) is 8.32. The van der Waals surface area contributed by atoms with E-state index in [4.69, 9.17) is 11.6 Å². The molecule has 7 nitrogen and oxygen atoms in total. The molecule has 1 unspecified atom stereocenters. The summed E-state index contributed by atoms with van der Waals surface area (Å²) in [5.74, 6) is -0.723. The Kier molecular flexibility index (Phi) is 10.3. The highest BCUT2D eigenvalue weighted by Gasteiger charge is 2.34. The molecule has 10 heteroatoms. The van der Waals surface area contributed by atoms with Gasteiger partial charge in [0.15, 0.2) is 0 Å². The van der Waals surface area contributed by atoms with Crippen molar-refractivity contribution in [1.29, 1.82) is 0 Å². The number of sulfonamides is 1. The second kappa shape index (κ2) is 13.7. The van der Waals surface area contributed by atoms with E-state index in [-0.39, 0.29) is 18.5 Å². The lowest BCUT2D eigenvalue weighted by Crippen LogP contribution is -2.54. The first-order valence-electron chi connectivity index (χ1n) is 13.2. The minimum atomic E-state index is -3.83. The van der Waals surface area contributed by atoms with Crippen molar-refractivity contribution >= 4 is 55.1 Å². The highest BCUT2D eigenvalue weighted by atomic mass is 79.9. The molecule has 0 radical (unpaired) electrons. The summed E-state index contributed by atoms with van der Waals surface area (Å²) < 4.78 is 27.6. The minimum Gasteiger partial charge on any atom is -0.352 e. The van der Waals surface area contributed by atoms with Crippen molar-refractivity contribution < 1.29 is 18.0 Å². The van der Waals surface area contributed by atoms with Gasteiger partial charge in [0.25, 0.3) is 0 Å². The SMILES string of the molecule is CS(=O)(=O)N(CC(=O)N(Cc1cccc(Br)c1)C(Cc1ccccc1)C(=O)NC1CCCC1)c1ccc(Cl)cc1. The number of halogens is 2. The standard InChI is InChI=1S/C30H33BrClN3O4S/c1-40(38,39)35(27-16-14-25(32)15-17-27)21-29(36)34(20-23-10-7-11-24(31)18-23)28(19-22-8-3-2-4-9-22)30(37)33-26-12-5-6-13-26/h2-4,7-11,14-18,26,28H,5-6,12-13,19-21H2,1H3,(H,33,37). The van der Waals surface area contributed by atoms with Crippen LogP contribution in [0.1, 0.15) is 36.8 Å². The molecular formula is C30H33BrClN3O4S. The van der Waals surface area contributed by atoms with Crippen LogP contribution in [0.2, 0.25) is 5.02 Å². The number of anilines is 1. The maximum atomic E-state index is 14.1. The molecule has 1 saturated carbocycles. The van der Waals surface area contributed by atoms with Gasteiger partial charge in [0.2, 0.25) is 21.8 Å². The summed E-state index contributed by atoms with van der Waals surface area (Å²) in [7, 11) is -3.83. The van der Waals surface area contributed by atoms with Gasteiger partial charge < -0.3 is 10.2 Å². The molecule has 1 atom stereocenters. The van der Waals surface area contributed by atoms with Crippen LogP contribution in [0.5, 0.6) is 0 Å². The molecule has 1 aliphatic rings. The molecule has 40 heavy (non-hydrogen) atoms. The number of carbonyl (C=O) groups is 2. The Morgan fingerprint density at radius 1 is 0.975 bits per heavy atom. The average molecular weight is 647 g/mol. The zero-order valence-electron chi connectivity index (χ0n) is 22.3. The summed E-state index contributed by atoms with van der Waals surface area (Å²) in [5, 5.41) is 3.61. The van der Waals surface area contributed by atoms with Crippen LogP contribution >= 0.6 is 27.5 Å². The van der Waals surface area contributed by atoms with Crippen molar-refractivity contribution in [2.45, 2.75) is 50.7 Å². The summed E-state index contributed by atoms with van der Waals surface area (Å²) in [6.07, 6.45) is 5.27. The number of amides is 2. The predicted octanol–water partition coefficient (Wildman–Crippen LogP) is 5.57. The molecule has 0 aromatic heterocycles. The fourth-order valence-electron chi connectivity index (χ4n) is 4.97. The Labute approximate surface area is 249 Å². The van der Waals surface area contributed by atoms with Gasteiger partial charge in [-0.3, -0.25) is 13.9 Å². The summed E-state index contributed by atoms with van der Waals surface area (Å²) >= 11 is 9.51. The molecule has 1 aliphatic carbocycles. The van der Waals surface area contributed by atoms with E-state index in [0.29, 0.717) is 17.1 Å². The highest BCUT2D eigenvalue weighted by Crippen LogP contribution is 2.24. The normalized spacial score (nSPS) is 14.5. The molecule has 4 rings (SSSR count). The number of rotatable bonds is 11. The topological polar surface area (TPSA) is 86.8 Å². The Hall–Kier alpha value is -2.88.